The molecule has 0 N–H and O–H groups in total. The van der Waals surface area contributed by atoms with Crippen molar-refractivity contribution in [2.24, 2.45) is 0 Å². The van der Waals surface area contributed by atoms with Gasteiger partial charge in [-0.25, -0.2) is 4.79 Å². The lowest BCUT2D eigenvalue weighted by Gasteiger charge is -2.27. The second kappa shape index (κ2) is 4.68. The van der Waals surface area contributed by atoms with Crippen LogP contribution in [0.5, 0.6) is 0 Å². The highest BCUT2D eigenvalue weighted by molar-refractivity contribution is 5.96. The van der Waals surface area contributed by atoms with Crippen LogP contribution in [-0.2, 0) is 16.0 Å². The summed E-state index contributed by atoms with van der Waals surface area (Å²) in [6.45, 7) is 0. The molecule has 1 aliphatic heterocycles. The summed E-state index contributed by atoms with van der Waals surface area (Å²) in [5.74, 6) is 0.122. The largest absolute Gasteiger partial charge is 0.452 e. The normalized spacial score (nSPS) is 14.2. The lowest BCUT2D eigenvalue weighted by atomic mass is 10.0. The van der Waals surface area contributed by atoms with Crippen LogP contribution in [0.4, 0.5) is 16.2 Å². The number of methoxy groups -OCH3 is 1. The summed E-state index contributed by atoms with van der Waals surface area (Å²) in [7, 11) is 4.78. The van der Waals surface area contributed by atoms with Crippen molar-refractivity contribution in [1.82, 2.24) is 0 Å². The first-order valence-electron chi connectivity index (χ1n) is 5.75. The summed E-state index contributed by atoms with van der Waals surface area (Å²) in [5, 5.41) is 0. The summed E-state index contributed by atoms with van der Waals surface area (Å²) in [6, 6.07) is 5.60. The summed E-state index contributed by atoms with van der Waals surface area (Å²) < 4.78 is 4.67. The number of rotatable bonds is 1. The summed E-state index contributed by atoms with van der Waals surface area (Å²) in [6.07, 6.45) is 0.811. The van der Waals surface area contributed by atoms with E-state index in [4.69, 9.17) is 0 Å². The SMILES string of the molecule is COC(=O)N(C)c1ccc2c(c1)CCC(=O)N2C. The molecule has 1 heterocycles. The number of fused-ring (bicyclic) bond motifs is 1. The first kappa shape index (κ1) is 12.4. The molecule has 18 heavy (non-hydrogen) atoms. The van der Waals surface area contributed by atoms with Crippen LogP contribution in [0.25, 0.3) is 0 Å². The van der Waals surface area contributed by atoms with Crippen molar-refractivity contribution in [2.45, 2.75) is 12.8 Å². The van der Waals surface area contributed by atoms with Crippen LogP contribution in [0.3, 0.4) is 0 Å². The first-order valence-corrected chi connectivity index (χ1v) is 5.75. The third-order valence-electron chi connectivity index (χ3n) is 3.24. The maximum absolute atomic E-state index is 11.6. The van der Waals surface area contributed by atoms with Gasteiger partial charge in [-0.15, -0.1) is 0 Å². The number of aryl methyl sites for hydroxylation is 1. The highest BCUT2D eigenvalue weighted by atomic mass is 16.5. The summed E-state index contributed by atoms with van der Waals surface area (Å²) in [4.78, 5) is 26.1. The van der Waals surface area contributed by atoms with E-state index in [1.54, 1.807) is 19.0 Å². The summed E-state index contributed by atoms with van der Waals surface area (Å²) >= 11 is 0. The quantitative estimate of drug-likeness (QED) is 0.761. The molecule has 0 saturated carbocycles. The molecule has 5 heteroatoms. The Kier molecular flexibility index (Phi) is 3.23. The predicted molar refractivity (Wildman–Crippen MR) is 69.0 cm³/mol. The van der Waals surface area contributed by atoms with E-state index in [-0.39, 0.29) is 5.91 Å². The van der Waals surface area contributed by atoms with Gasteiger partial charge in [0.25, 0.3) is 0 Å². The van der Waals surface area contributed by atoms with Gasteiger partial charge >= 0.3 is 6.09 Å². The third kappa shape index (κ3) is 2.03. The molecule has 0 bridgehead atoms. The average molecular weight is 248 g/mol. The van der Waals surface area contributed by atoms with E-state index in [2.05, 4.69) is 4.74 Å². The van der Waals surface area contributed by atoms with Gasteiger partial charge in [0.2, 0.25) is 5.91 Å². The zero-order chi connectivity index (χ0) is 13.3. The van der Waals surface area contributed by atoms with Gasteiger partial charge in [-0.3, -0.25) is 9.69 Å². The van der Waals surface area contributed by atoms with Crippen molar-refractivity contribution >= 4 is 23.4 Å². The third-order valence-corrected chi connectivity index (χ3v) is 3.24. The molecule has 1 aliphatic rings. The van der Waals surface area contributed by atoms with E-state index < -0.39 is 6.09 Å². The number of benzene rings is 1. The lowest BCUT2D eigenvalue weighted by molar-refractivity contribution is -0.118. The molecule has 0 spiro atoms. The van der Waals surface area contributed by atoms with Crippen LogP contribution in [0.15, 0.2) is 18.2 Å². The molecule has 2 amide bonds. The van der Waals surface area contributed by atoms with Gasteiger partial charge in [0, 0.05) is 31.9 Å². The zero-order valence-corrected chi connectivity index (χ0v) is 10.8. The van der Waals surface area contributed by atoms with Crippen LogP contribution in [-0.4, -0.2) is 33.2 Å². The molecular weight excluding hydrogens is 232 g/mol. The van der Waals surface area contributed by atoms with E-state index in [1.807, 2.05) is 18.2 Å². The Balaban J connectivity index is 2.33. The highest BCUT2D eigenvalue weighted by Gasteiger charge is 2.22. The second-order valence-electron chi connectivity index (χ2n) is 4.29. The van der Waals surface area contributed by atoms with Gasteiger partial charge in [-0.05, 0) is 30.2 Å². The van der Waals surface area contributed by atoms with Gasteiger partial charge in [0.05, 0.1) is 7.11 Å². The van der Waals surface area contributed by atoms with Crippen molar-refractivity contribution in [1.29, 1.82) is 0 Å². The Morgan fingerprint density at radius 1 is 1.39 bits per heavy atom. The molecule has 0 aromatic heterocycles. The van der Waals surface area contributed by atoms with E-state index in [0.717, 1.165) is 16.9 Å². The fraction of sp³-hybridized carbons (Fsp3) is 0.385. The highest BCUT2D eigenvalue weighted by Crippen LogP contribution is 2.30. The van der Waals surface area contributed by atoms with Gasteiger partial charge in [-0.1, -0.05) is 0 Å². The maximum atomic E-state index is 11.6. The Bertz CT molecular complexity index is 499. The molecule has 0 unspecified atom stereocenters. The number of nitrogens with zero attached hydrogens (tertiary/aromatic N) is 2. The topological polar surface area (TPSA) is 49.9 Å². The van der Waals surface area contributed by atoms with Crippen molar-refractivity contribution < 1.29 is 14.3 Å². The number of ether oxygens (including phenoxy) is 1. The average Bonchev–Trinajstić information content (AvgIpc) is 2.41. The van der Waals surface area contributed by atoms with Crippen LogP contribution in [0.2, 0.25) is 0 Å². The molecule has 0 saturated heterocycles. The molecule has 5 nitrogen and oxygen atoms in total. The number of carbonyl (C=O) groups excluding carboxylic acids is 2. The van der Waals surface area contributed by atoms with Crippen LogP contribution < -0.4 is 9.80 Å². The molecule has 0 aliphatic carbocycles. The van der Waals surface area contributed by atoms with Crippen molar-refractivity contribution in [3.05, 3.63) is 23.8 Å². The smallest absolute Gasteiger partial charge is 0.413 e. The minimum absolute atomic E-state index is 0.122. The molecular formula is C13H16N2O3. The molecule has 0 radical (unpaired) electrons. The van der Waals surface area contributed by atoms with Crippen molar-refractivity contribution in [3.63, 3.8) is 0 Å². The Morgan fingerprint density at radius 2 is 2.11 bits per heavy atom. The number of amides is 2. The lowest BCUT2D eigenvalue weighted by Crippen LogP contribution is -2.31. The van der Waals surface area contributed by atoms with Gasteiger partial charge in [0.15, 0.2) is 0 Å². The van der Waals surface area contributed by atoms with Crippen LogP contribution >= 0.6 is 0 Å². The minimum Gasteiger partial charge on any atom is -0.452 e. The molecule has 96 valence electrons. The second-order valence-corrected chi connectivity index (χ2v) is 4.29. The fourth-order valence-electron chi connectivity index (χ4n) is 2.09. The van der Waals surface area contributed by atoms with E-state index in [0.29, 0.717) is 12.8 Å². The minimum atomic E-state index is -0.407. The van der Waals surface area contributed by atoms with Crippen molar-refractivity contribution in [2.75, 3.05) is 31.0 Å². The number of hydrogen-bond donors (Lipinski definition) is 0. The Labute approximate surface area is 106 Å². The van der Waals surface area contributed by atoms with Gasteiger partial charge in [-0.2, -0.15) is 0 Å². The monoisotopic (exact) mass is 248 g/mol. The standard InChI is InChI=1S/C13H16N2O3/c1-14(13(17)18-3)10-5-6-11-9(8-10)4-7-12(16)15(11)2/h5-6,8H,4,7H2,1-3H3. The van der Waals surface area contributed by atoms with E-state index >= 15 is 0 Å². The zero-order valence-electron chi connectivity index (χ0n) is 10.8. The number of carbonyl (C=O) groups is 2. The molecule has 0 atom stereocenters. The number of anilines is 2. The molecule has 0 fully saturated rings. The fourth-order valence-corrected chi connectivity index (χ4v) is 2.09. The van der Waals surface area contributed by atoms with Crippen molar-refractivity contribution in [3.8, 4) is 0 Å². The van der Waals surface area contributed by atoms with Crippen LogP contribution in [0.1, 0.15) is 12.0 Å². The van der Waals surface area contributed by atoms with Crippen LogP contribution in [0, 0.1) is 0 Å². The predicted octanol–water partition coefficient (Wildman–Crippen LogP) is 1.80. The summed E-state index contributed by atoms with van der Waals surface area (Å²) in [5.41, 5.74) is 2.75. The van der Waals surface area contributed by atoms with Gasteiger partial charge < -0.3 is 9.64 Å². The van der Waals surface area contributed by atoms with E-state index in [9.17, 15) is 9.59 Å². The molecule has 1 aromatic carbocycles. The molecule has 1 aromatic rings. The number of hydrogen-bond acceptors (Lipinski definition) is 3. The van der Waals surface area contributed by atoms with Gasteiger partial charge in [0.1, 0.15) is 0 Å². The molecule has 2 rings (SSSR count). The van der Waals surface area contributed by atoms with E-state index in [1.165, 1.54) is 12.0 Å². The first-order chi connectivity index (χ1) is 8.54. The maximum Gasteiger partial charge on any atom is 0.413 e. The Morgan fingerprint density at radius 3 is 2.78 bits per heavy atom. The Hall–Kier alpha value is -2.04.